The first-order valence-corrected chi connectivity index (χ1v) is 4.28. The fourth-order valence-corrected chi connectivity index (χ4v) is 1.71. The first-order valence-electron chi connectivity index (χ1n) is 4.28. The maximum absolute atomic E-state index is 11.0. The van der Waals surface area contributed by atoms with Crippen LogP contribution in [-0.2, 0) is 9.59 Å². The molecule has 2 nitrogen and oxygen atoms in total. The Morgan fingerprint density at radius 1 is 1.36 bits per heavy atom. The Labute approximate surface area is 67.0 Å². The maximum atomic E-state index is 11.0. The number of Topliss-reactive ketones (excluding diaryl/α,β-unsaturated/α-hetero) is 1. The van der Waals surface area contributed by atoms with Gasteiger partial charge in [-0.1, -0.05) is 25.7 Å². The molecule has 0 spiro atoms. The smallest absolute Gasteiger partial charge is 0.140 e. The summed E-state index contributed by atoms with van der Waals surface area (Å²) < 4.78 is 0. The van der Waals surface area contributed by atoms with Crippen molar-refractivity contribution in [1.82, 2.24) is 0 Å². The van der Waals surface area contributed by atoms with Crippen molar-refractivity contribution in [3.05, 3.63) is 0 Å². The number of hydrogen-bond donors (Lipinski definition) is 0. The van der Waals surface area contributed by atoms with Gasteiger partial charge in [0.2, 0.25) is 0 Å². The number of ketones is 1. The highest BCUT2D eigenvalue weighted by molar-refractivity contribution is 5.89. The molecule has 11 heavy (non-hydrogen) atoms. The minimum atomic E-state index is 0.118. The fraction of sp³-hybridized carbons (Fsp3) is 0.778. The van der Waals surface area contributed by atoms with Crippen LogP contribution in [0.5, 0.6) is 0 Å². The van der Waals surface area contributed by atoms with Crippen LogP contribution in [0.25, 0.3) is 0 Å². The average molecular weight is 154 g/mol. The normalized spacial score (nSPS) is 18.5. The van der Waals surface area contributed by atoms with Crippen LogP contribution in [-0.4, -0.2) is 12.1 Å². The van der Waals surface area contributed by atoms with E-state index in [0.29, 0.717) is 18.6 Å². The molecule has 0 saturated heterocycles. The molecule has 0 amide bonds. The number of rotatable bonds is 4. The Balaban J connectivity index is 2.18. The van der Waals surface area contributed by atoms with Crippen molar-refractivity contribution >= 4 is 12.1 Å². The van der Waals surface area contributed by atoms with Gasteiger partial charge in [-0.25, -0.2) is 0 Å². The summed E-state index contributed by atoms with van der Waals surface area (Å²) in [6, 6.07) is 0. The van der Waals surface area contributed by atoms with Crippen molar-refractivity contribution in [2.45, 2.75) is 38.5 Å². The van der Waals surface area contributed by atoms with Crippen LogP contribution in [0.15, 0.2) is 0 Å². The zero-order valence-electron chi connectivity index (χ0n) is 6.71. The van der Waals surface area contributed by atoms with E-state index in [4.69, 9.17) is 0 Å². The fourth-order valence-electron chi connectivity index (χ4n) is 1.71. The van der Waals surface area contributed by atoms with E-state index in [2.05, 4.69) is 0 Å². The van der Waals surface area contributed by atoms with Crippen molar-refractivity contribution in [3.63, 3.8) is 0 Å². The molecule has 62 valence electrons. The molecule has 0 radical (unpaired) electrons. The van der Waals surface area contributed by atoms with Crippen LogP contribution in [0, 0.1) is 5.92 Å². The zero-order chi connectivity index (χ0) is 8.10. The molecule has 0 N–H and O–H groups in total. The second-order valence-electron chi connectivity index (χ2n) is 3.26. The van der Waals surface area contributed by atoms with E-state index in [9.17, 15) is 9.59 Å². The Morgan fingerprint density at radius 3 is 2.55 bits per heavy atom. The minimum Gasteiger partial charge on any atom is -0.303 e. The lowest BCUT2D eigenvalue weighted by Crippen LogP contribution is -2.05. The van der Waals surface area contributed by atoms with Crippen LogP contribution in [0.3, 0.4) is 0 Å². The molecule has 0 aromatic carbocycles. The van der Waals surface area contributed by atoms with Gasteiger partial charge in [-0.2, -0.15) is 0 Å². The van der Waals surface area contributed by atoms with Gasteiger partial charge in [0.25, 0.3) is 0 Å². The highest BCUT2D eigenvalue weighted by Gasteiger charge is 2.17. The quantitative estimate of drug-likeness (QED) is 0.456. The summed E-state index contributed by atoms with van der Waals surface area (Å²) in [4.78, 5) is 20.9. The van der Waals surface area contributed by atoms with Crippen molar-refractivity contribution in [1.29, 1.82) is 0 Å². The van der Waals surface area contributed by atoms with Crippen molar-refractivity contribution in [2.24, 2.45) is 5.92 Å². The Hall–Kier alpha value is -0.660. The summed E-state index contributed by atoms with van der Waals surface area (Å²) in [6.45, 7) is 0. The number of carbonyl (C=O) groups excluding carboxylic acids is 2. The SMILES string of the molecule is O=CCC(=O)CC1CCCC1. The Bertz CT molecular complexity index is 146. The van der Waals surface area contributed by atoms with Crippen LogP contribution >= 0.6 is 0 Å². The van der Waals surface area contributed by atoms with Gasteiger partial charge in [-0.3, -0.25) is 4.79 Å². The molecule has 0 aliphatic heterocycles. The van der Waals surface area contributed by atoms with E-state index in [1.54, 1.807) is 0 Å². The third-order valence-corrected chi connectivity index (χ3v) is 2.30. The molecule has 1 saturated carbocycles. The number of hydrogen-bond acceptors (Lipinski definition) is 2. The molecule has 0 aromatic heterocycles. The Kier molecular flexibility index (Phi) is 3.27. The molecule has 0 atom stereocenters. The molecule has 0 bridgehead atoms. The van der Waals surface area contributed by atoms with E-state index in [1.165, 1.54) is 25.7 Å². The highest BCUT2D eigenvalue weighted by atomic mass is 16.1. The standard InChI is InChI=1S/C9H14O2/c10-6-5-9(11)7-8-3-1-2-4-8/h6,8H,1-5,7H2. The lowest BCUT2D eigenvalue weighted by atomic mass is 10.0. The number of aldehydes is 1. The molecule has 0 unspecified atom stereocenters. The molecule has 1 aliphatic rings. The number of carbonyl (C=O) groups is 2. The lowest BCUT2D eigenvalue weighted by Gasteiger charge is -2.04. The second-order valence-corrected chi connectivity index (χ2v) is 3.26. The van der Waals surface area contributed by atoms with Crippen LogP contribution < -0.4 is 0 Å². The molecule has 0 heterocycles. The van der Waals surface area contributed by atoms with E-state index >= 15 is 0 Å². The topological polar surface area (TPSA) is 34.1 Å². The molecule has 1 fully saturated rings. The van der Waals surface area contributed by atoms with Crippen molar-refractivity contribution < 1.29 is 9.59 Å². The third kappa shape index (κ3) is 2.83. The monoisotopic (exact) mass is 154 g/mol. The first-order chi connectivity index (χ1) is 5.33. The van der Waals surface area contributed by atoms with Crippen LogP contribution in [0.2, 0.25) is 0 Å². The van der Waals surface area contributed by atoms with Gasteiger partial charge in [0.15, 0.2) is 0 Å². The van der Waals surface area contributed by atoms with Gasteiger partial charge in [-0.05, 0) is 5.92 Å². The van der Waals surface area contributed by atoms with Crippen molar-refractivity contribution in [3.8, 4) is 0 Å². The first kappa shape index (κ1) is 8.44. The van der Waals surface area contributed by atoms with Gasteiger partial charge in [0.1, 0.15) is 12.1 Å². The van der Waals surface area contributed by atoms with E-state index < -0.39 is 0 Å². The second kappa shape index (κ2) is 4.27. The van der Waals surface area contributed by atoms with Gasteiger partial charge in [0.05, 0.1) is 6.42 Å². The van der Waals surface area contributed by atoms with Gasteiger partial charge in [-0.15, -0.1) is 0 Å². The molecular weight excluding hydrogens is 140 g/mol. The summed E-state index contributed by atoms with van der Waals surface area (Å²) in [5, 5.41) is 0. The predicted molar refractivity (Wildman–Crippen MR) is 42.3 cm³/mol. The third-order valence-electron chi connectivity index (χ3n) is 2.30. The average Bonchev–Trinajstić information content (AvgIpc) is 2.40. The summed E-state index contributed by atoms with van der Waals surface area (Å²) in [5.74, 6) is 0.703. The molecule has 1 rings (SSSR count). The maximum Gasteiger partial charge on any atom is 0.140 e. The highest BCUT2D eigenvalue weighted by Crippen LogP contribution is 2.27. The molecule has 0 aromatic rings. The molecule has 1 aliphatic carbocycles. The van der Waals surface area contributed by atoms with Gasteiger partial charge in [0, 0.05) is 6.42 Å². The van der Waals surface area contributed by atoms with Crippen molar-refractivity contribution in [2.75, 3.05) is 0 Å². The summed E-state index contributed by atoms with van der Waals surface area (Å²) in [6.07, 6.45) is 6.36. The van der Waals surface area contributed by atoms with Crippen LogP contribution in [0.4, 0.5) is 0 Å². The largest absolute Gasteiger partial charge is 0.303 e. The summed E-state index contributed by atoms with van der Waals surface area (Å²) in [7, 11) is 0. The molecule has 2 heteroatoms. The lowest BCUT2D eigenvalue weighted by molar-refractivity contribution is -0.122. The zero-order valence-corrected chi connectivity index (χ0v) is 6.71. The molecular formula is C9H14O2. The predicted octanol–water partition coefficient (Wildman–Crippen LogP) is 1.72. The van der Waals surface area contributed by atoms with Gasteiger partial charge >= 0.3 is 0 Å². The Morgan fingerprint density at radius 2 is 2.00 bits per heavy atom. The summed E-state index contributed by atoms with van der Waals surface area (Å²) >= 11 is 0. The van der Waals surface area contributed by atoms with E-state index in [-0.39, 0.29) is 12.2 Å². The minimum absolute atomic E-state index is 0.118. The summed E-state index contributed by atoms with van der Waals surface area (Å²) in [5.41, 5.74) is 0. The van der Waals surface area contributed by atoms with Gasteiger partial charge < -0.3 is 4.79 Å². The van der Waals surface area contributed by atoms with Crippen LogP contribution in [0.1, 0.15) is 38.5 Å². The van der Waals surface area contributed by atoms with E-state index in [0.717, 1.165) is 0 Å². The van der Waals surface area contributed by atoms with E-state index in [1.807, 2.05) is 0 Å².